The summed E-state index contributed by atoms with van der Waals surface area (Å²) in [4.78, 5) is 4.33. The molecule has 0 amide bonds. The van der Waals surface area contributed by atoms with Crippen LogP contribution < -0.4 is 10.5 Å². The van der Waals surface area contributed by atoms with Gasteiger partial charge in [0.05, 0.1) is 18.8 Å². The molecule has 0 saturated carbocycles. The first kappa shape index (κ1) is 12.8. The number of hydrogen-bond acceptors (Lipinski definition) is 3. The van der Waals surface area contributed by atoms with Crippen molar-refractivity contribution in [3.63, 3.8) is 0 Å². The van der Waals surface area contributed by atoms with Crippen LogP contribution in [-0.2, 0) is 5.54 Å². The molecule has 88 valence electrons. The van der Waals surface area contributed by atoms with E-state index >= 15 is 0 Å². The molecule has 0 saturated heterocycles. The maximum absolute atomic E-state index is 6.03. The van der Waals surface area contributed by atoms with E-state index in [0.717, 1.165) is 17.1 Å². The number of nitrogens with zero attached hydrogens (tertiary/aromatic N) is 2. The lowest BCUT2D eigenvalue weighted by atomic mass is 10.1. The maximum Gasteiger partial charge on any atom is 0.144 e. The van der Waals surface area contributed by atoms with Crippen molar-refractivity contribution in [1.82, 2.24) is 9.38 Å². The summed E-state index contributed by atoms with van der Waals surface area (Å²) in [5, 5.41) is 0. The summed E-state index contributed by atoms with van der Waals surface area (Å²) in [6.45, 7) is 3.86. The Labute approximate surface area is 101 Å². The van der Waals surface area contributed by atoms with Crippen molar-refractivity contribution < 1.29 is 4.74 Å². The first-order valence-electron chi connectivity index (χ1n) is 4.83. The fraction of sp³-hybridized carbons (Fsp3) is 0.364. The van der Waals surface area contributed by atoms with Crippen molar-refractivity contribution in [3.05, 3.63) is 30.4 Å². The second-order valence-corrected chi connectivity index (χ2v) is 4.14. The predicted octanol–water partition coefficient (Wildman–Crippen LogP) is 1.96. The standard InChI is InChI=1S/C11H15N3O.ClH/c1-11(2,12)10-13-7-8-9(15-3)5-4-6-14(8)10;/h4-7H,12H2,1-3H3;1H. The van der Waals surface area contributed by atoms with E-state index in [0.29, 0.717) is 0 Å². The summed E-state index contributed by atoms with van der Waals surface area (Å²) in [6, 6.07) is 3.83. The van der Waals surface area contributed by atoms with E-state index in [1.54, 1.807) is 13.3 Å². The third-order valence-corrected chi connectivity index (χ3v) is 2.33. The molecular formula is C11H16ClN3O. The van der Waals surface area contributed by atoms with Crippen molar-refractivity contribution in [2.24, 2.45) is 5.73 Å². The fourth-order valence-electron chi connectivity index (χ4n) is 1.65. The smallest absolute Gasteiger partial charge is 0.144 e. The van der Waals surface area contributed by atoms with Crippen LogP contribution in [0.15, 0.2) is 24.5 Å². The number of methoxy groups -OCH3 is 1. The zero-order chi connectivity index (χ0) is 11.1. The molecule has 0 aliphatic rings. The molecular weight excluding hydrogens is 226 g/mol. The normalized spacial score (nSPS) is 11.2. The number of nitrogens with two attached hydrogens (primary N) is 1. The van der Waals surface area contributed by atoms with Gasteiger partial charge < -0.3 is 10.5 Å². The molecule has 2 aromatic rings. The molecule has 0 aromatic carbocycles. The first-order valence-corrected chi connectivity index (χ1v) is 4.83. The lowest BCUT2D eigenvalue weighted by Gasteiger charge is -2.17. The van der Waals surface area contributed by atoms with E-state index in [1.165, 1.54) is 0 Å². The lowest BCUT2D eigenvalue weighted by Crippen LogP contribution is -2.31. The Hall–Kier alpha value is -1.26. The molecule has 16 heavy (non-hydrogen) atoms. The van der Waals surface area contributed by atoms with Gasteiger partial charge in [0.15, 0.2) is 0 Å². The van der Waals surface area contributed by atoms with Crippen LogP contribution in [0.25, 0.3) is 5.52 Å². The summed E-state index contributed by atoms with van der Waals surface area (Å²) in [5.74, 6) is 1.64. The van der Waals surface area contributed by atoms with E-state index in [1.807, 2.05) is 36.6 Å². The summed E-state index contributed by atoms with van der Waals surface area (Å²) >= 11 is 0. The van der Waals surface area contributed by atoms with E-state index in [2.05, 4.69) is 4.98 Å². The Morgan fingerprint density at radius 1 is 1.44 bits per heavy atom. The maximum atomic E-state index is 6.03. The molecule has 2 aromatic heterocycles. The average Bonchev–Trinajstić information content (AvgIpc) is 2.59. The Bertz CT molecular complexity index is 487. The van der Waals surface area contributed by atoms with Gasteiger partial charge in [-0.1, -0.05) is 0 Å². The highest BCUT2D eigenvalue weighted by atomic mass is 35.5. The van der Waals surface area contributed by atoms with Crippen molar-refractivity contribution in [1.29, 1.82) is 0 Å². The Kier molecular flexibility index (Phi) is 3.45. The van der Waals surface area contributed by atoms with Crippen LogP contribution in [0.4, 0.5) is 0 Å². The molecule has 0 aliphatic heterocycles. The number of imidazole rings is 1. The van der Waals surface area contributed by atoms with Gasteiger partial charge in [0.2, 0.25) is 0 Å². The van der Waals surface area contributed by atoms with Crippen molar-refractivity contribution in [2.75, 3.05) is 7.11 Å². The molecule has 0 aliphatic carbocycles. The molecule has 0 radical (unpaired) electrons. The predicted molar refractivity (Wildman–Crippen MR) is 66.2 cm³/mol. The number of fused-ring (bicyclic) bond motifs is 1. The van der Waals surface area contributed by atoms with Crippen molar-refractivity contribution in [3.8, 4) is 5.75 Å². The van der Waals surface area contributed by atoms with Gasteiger partial charge in [0, 0.05) is 6.20 Å². The van der Waals surface area contributed by atoms with Crippen LogP contribution in [0, 0.1) is 0 Å². The highest BCUT2D eigenvalue weighted by Gasteiger charge is 2.20. The minimum absolute atomic E-state index is 0. The highest BCUT2D eigenvalue weighted by Crippen LogP contribution is 2.23. The van der Waals surface area contributed by atoms with Crippen molar-refractivity contribution >= 4 is 17.9 Å². The SMILES string of the molecule is COc1cccn2c(C(C)(C)N)ncc12.Cl. The molecule has 0 atom stereocenters. The van der Waals surface area contributed by atoms with Crippen LogP contribution in [0.1, 0.15) is 19.7 Å². The molecule has 5 heteroatoms. The lowest BCUT2D eigenvalue weighted by molar-refractivity contribution is 0.417. The number of pyridine rings is 1. The van der Waals surface area contributed by atoms with Gasteiger partial charge in [-0.2, -0.15) is 0 Å². The number of rotatable bonds is 2. The molecule has 2 rings (SSSR count). The van der Waals surface area contributed by atoms with Crippen LogP contribution in [0.5, 0.6) is 5.75 Å². The zero-order valence-corrected chi connectivity index (χ0v) is 10.4. The Morgan fingerprint density at radius 2 is 2.12 bits per heavy atom. The topological polar surface area (TPSA) is 52.5 Å². The number of ether oxygens (including phenoxy) is 1. The molecule has 0 bridgehead atoms. The second-order valence-electron chi connectivity index (χ2n) is 4.14. The third kappa shape index (κ3) is 1.99. The van der Waals surface area contributed by atoms with Crippen molar-refractivity contribution in [2.45, 2.75) is 19.4 Å². The van der Waals surface area contributed by atoms with Gasteiger partial charge in [-0.05, 0) is 26.0 Å². The van der Waals surface area contributed by atoms with Crippen LogP contribution in [-0.4, -0.2) is 16.5 Å². The monoisotopic (exact) mass is 241 g/mol. The quantitative estimate of drug-likeness (QED) is 0.875. The van der Waals surface area contributed by atoms with Gasteiger partial charge in [-0.25, -0.2) is 4.98 Å². The summed E-state index contributed by atoms with van der Waals surface area (Å²) < 4.78 is 7.21. The minimum atomic E-state index is -0.460. The molecule has 4 nitrogen and oxygen atoms in total. The molecule has 2 heterocycles. The Morgan fingerprint density at radius 3 is 2.69 bits per heavy atom. The van der Waals surface area contributed by atoms with Crippen LogP contribution in [0.2, 0.25) is 0 Å². The van der Waals surface area contributed by atoms with Gasteiger partial charge in [-0.3, -0.25) is 4.40 Å². The van der Waals surface area contributed by atoms with E-state index in [4.69, 9.17) is 10.5 Å². The van der Waals surface area contributed by atoms with Gasteiger partial charge in [0.25, 0.3) is 0 Å². The number of aromatic nitrogens is 2. The van der Waals surface area contributed by atoms with E-state index in [-0.39, 0.29) is 12.4 Å². The van der Waals surface area contributed by atoms with Gasteiger partial charge in [-0.15, -0.1) is 12.4 Å². The first-order chi connectivity index (χ1) is 7.04. The zero-order valence-electron chi connectivity index (χ0n) is 9.60. The summed E-state index contributed by atoms with van der Waals surface area (Å²) in [5.41, 5.74) is 6.51. The number of hydrogen-bond donors (Lipinski definition) is 1. The largest absolute Gasteiger partial charge is 0.494 e. The summed E-state index contributed by atoms with van der Waals surface area (Å²) in [6.07, 6.45) is 3.72. The fourth-order valence-corrected chi connectivity index (χ4v) is 1.65. The average molecular weight is 242 g/mol. The minimum Gasteiger partial charge on any atom is -0.494 e. The van der Waals surface area contributed by atoms with Crippen LogP contribution in [0.3, 0.4) is 0 Å². The third-order valence-electron chi connectivity index (χ3n) is 2.33. The Balaban J connectivity index is 0.00000128. The van der Waals surface area contributed by atoms with E-state index in [9.17, 15) is 0 Å². The molecule has 0 spiro atoms. The summed E-state index contributed by atoms with van der Waals surface area (Å²) in [7, 11) is 1.65. The molecule has 0 fully saturated rings. The van der Waals surface area contributed by atoms with Gasteiger partial charge >= 0.3 is 0 Å². The molecule has 0 unspecified atom stereocenters. The van der Waals surface area contributed by atoms with Crippen LogP contribution >= 0.6 is 12.4 Å². The van der Waals surface area contributed by atoms with E-state index < -0.39 is 5.54 Å². The van der Waals surface area contributed by atoms with Gasteiger partial charge in [0.1, 0.15) is 17.1 Å². The molecule has 2 N–H and O–H groups in total. The second kappa shape index (κ2) is 4.31. The highest BCUT2D eigenvalue weighted by molar-refractivity contribution is 5.85. The number of halogens is 1.